The van der Waals surface area contributed by atoms with Crippen molar-refractivity contribution >= 4 is 43.6 Å². The van der Waals surface area contributed by atoms with Gasteiger partial charge >= 0.3 is 0 Å². The Bertz CT molecular complexity index is 3310. The van der Waals surface area contributed by atoms with Crippen LogP contribution < -0.4 is 0 Å². The second kappa shape index (κ2) is 11.4. The highest BCUT2D eigenvalue weighted by Gasteiger charge is 2.22. The topological polar surface area (TPSA) is 48.5 Å². The van der Waals surface area contributed by atoms with Crippen LogP contribution in [0.25, 0.3) is 89.2 Å². The molecule has 0 amide bonds. The average Bonchev–Trinajstić information content (AvgIpc) is 3.79. The molecule has 5 heteroatoms. The van der Waals surface area contributed by atoms with Crippen LogP contribution in [0.3, 0.4) is 0 Å². The van der Waals surface area contributed by atoms with Gasteiger partial charge in [0.15, 0.2) is 11.6 Å². The first-order valence-corrected chi connectivity index (χ1v) is 16.0. The Kier molecular flexibility index (Phi) is 4.52. The van der Waals surface area contributed by atoms with Gasteiger partial charge in [-0.05, 0) is 47.5 Å². The van der Waals surface area contributed by atoms with Crippen LogP contribution in [-0.4, -0.2) is 24.1 Å². The van der Waals surface area contributed by atoms with E-state index in [2.05, 4.69) is 52.0 Å². The molecule has 3 heterocycles. The summed E-state index contributed by atoms with van der Waals surface area (Å²) < 4.78 is 89.2. The minimum absolute atomic E-state index is 0.0570. The number of hydrogen-bond acceptors (Lipinski definition) is 3. The lowest BCUT2D eigenvalue weighted by molar-refractivity contribution is 0.953. The summed E-state index contributed by atoms with van der Waals surface area (Å²) >= 11 is 0. The Hall–Kier alpha value is -6.85. The van der Waals surface area contributed by atoms with Crippen LogP contribution in [0, 0.1) is 0 Å². The van der Waals surface area contributed by atoms with Crippen molar-refractivity contribution in [2.45, 2.75) is 0 Å². The highest BCUT2D eigenvalue weighted by molar-refractivity contribution is 6.28. The smallest absolute Gasteiger partial charge is 0.238 e. The van der Waals surface area contributed by atoms with Crippen molar-refractivity contribution in [3.05, 3.63) is 176 Å². The molecule has 0 aliphatic rings. The Morgan fingerprint density at radius 3 is 1.54 bits per heavy atom. The van der Waals surface area contributed by atoms with E-state index in [0.29, 0.717) is 11.0 Å². The van der Waals surface area contributed by atoms with E-state index in [9.17, 15) is 0 Å². The maximum Gasteiger partial charge on any atom is 0.238 e. The molecule has 3 aromatic heterocycles. The SMILES string of the molecule is [2H]c1c([2H])c([2H])c(-c2nc(-c3c([2H])c([2H])c([2H])c([2H])c3[2H])nc(-n3c4ccccc4c4c5c6ccccc6n(-c6cccc(-c7ccccc7)c6)c5ccc43)n2)c([2H])c1[2H]. The third kappa shape index (κ3) is 4.45. The van der Waals surface area contributed by atoms with Crippen molar-refractivity contribution in [2.24, 2.45) is 0 Å². The molecule has 7 aromatic carbocycles. The Balaban J connectivity index is 1.31. The predicted octanol–water partition coefficient (Wildman–Crippen LogP) is 11.1. The van der Waals surface area contributed by atoms with Crippen molar-refractivity contribution in [2.75, 3.05) is 0 Å². The molecule has 50 heavy (non-hydrogen) atoms. The van der Waals surface area contributed by atoms with Crippen LogP contribution in [0.2, 0.25) is 0 Å². The molecule has 5 nitrogen and oxygen atoms in total. The fraction of sp³-hybridized carbons (Fsp3) is 0. The molecule has 0 spiro atoms. The first-order valence-electron chi connectivity index (χ1n) is 21.0. The van der Waals surface area contributed by atoms with Gasteiger partial charge < -0.3 is 4.57 Å². The molecule has 0 fully saturated rings. The van der Waals surface area contributed by atoms with Crippen LogP contribution in [0.4, 0.5) is 0 Å². The Morgan fingerprint density at radius 1 is 0.400 bits per heavy atom. The van der Waals surface area contributed by atoms with E-state index >= 15 is 0 Å². The number of aromatic nitrogens is 5. The molecule has 0 radical (unpaired) electrons. The number of nitrogens with zero attached hydrogens (tertiary/aromatic N) is 5. The largest absolute Gasteiger partial charge is 0.309 e. The van der Waals surface area contributed by atoms with E-state index in [-0.39, 0.29) is 28.7 Å². The van der Waals surface area contributed by atoms with Crippen molar-refractivity contribution in [1.82, 2.24) is 24.1 Å². The van der Waals surface area contributed by atoms with E-state index in [0.717, 1.165) is 49.4 Å². The van der Waals surface area contributed by atoms with Gasteiger partial charge in [-0.1, -0.05) is 139 Å². The normalized spacial score (nSPS) is 14.4. The van der Waals surface area contributed by atoms with Crippen LogP contribution in [0.5, 0.6) is 0 Å². The maximum absolute atomic E-state index is 8.80. The Labute approximate surface area is 302 Å². The van der Waals surface area contributed by atoms with E-state index in [1.54, 1.807) is 4.57 Å². The third-order valence-corrected chi connectivity index (χ3v) is 8.95. The summed E-state index contributed by atoms with van der Waals surface area (Å²) in [5.74, 6) is -0.722. The zero-order valence-corrected chi connectivity index (χ0v) is 26.2. The van der Waals surface area contributed by atoms with E-state index in [4.69, 9.17) is 23.7 Å². The van der Waals surface area contributed by atoms with Gasteiger partial charge in [0.05, 0.1) is 35.8 Å². The zero-order valence-electron chi connectivity index (χ0n) is 36.2. The van der Waals surface area contributed by atoms with Gasteiger partial charge in [0.1, 0.15) is 0 Å². The van der Waals surface area contributed by atoms with Gasteiger partial charge in [0.2, 0.25) is 5.95 Å². The van der Waals surface area contributed by atoms with Crippen LogP contribution in [0.15, 0.2) is 176 Å². The lowest BCUT2D eigenvalue weighted by atomic mass is 10.0. The molecule has 0 aliphatic carbocycles. The van der Waals surface area contributed by atoms with Crippen molar-refractivity contribution < 1.29 is 13.7 Å². The summed E-state index contributed by atoms with van der Waals surface area (Å²) in [7, 11) is 0. The summed E-state index contributed by atoms with van der Waals surface area (Å²) in [5, 5.41) is 3.65. The lowest BCUT2D eigenvalue weighted by Crippen LogP contribution is -2.06. The van der Waals surface area contributed by atoms with E-state index in [1.165, 1.54) is 0 Å². The number of para-hydroxylation sites is 2. The van der Waals surface area contributed by atoms with Crippen LogP contribution in [0.1, 0.15) is 13.7 Å². The standard InChI is InChI=1S/C45H29N5/c1-4-15-30(16-5-1)33-21-14-22-34(29-33)49-37-25-12-10-23-35(37)41-39(49)27-28-40-42(41)36-24-11-13-26-38(36)50(40)45-47-43(31-17-6-2-7-18-31)46-44(48-45)32-19-8-3-9-20-32/h1-29H/i2D,3D,6D,7D,8D,9D,17D,18D,19D,20D. The first-order chi connectivity index (χ1) is 29.0. The second-order valence-electron chi connectivity index (χ2n) is 11.8. The van der Waals surface area contributed by atoms with Crippen molar-refractivity contribution in [1.29, 1.82) is 0 Å². The highest BCUT2D eigenvalue weighted by Crippen LogP contribution is 2.42. The third-order valence-electron chi connectivity index (χ3n) is 8.95. The van der Waals surface area contributed by atoms with Crippen molar-refractivity contribution in [3.8, 4) is 45.5 Å². The van der Waals surface area contributed by atoms with Gasteiger partial charge in [-0.2, -0.15) is 9.97 Å². The first kappa shape index (κ1) is 19.8. The monoisotopic (exact) mass is 649 g/mol. The second-order valence-corrected chi connectivity index (χ2v) is 11.8. The molecule has 0 saturated heterocycles. The Morgan fingerprint density at radius 2 is 0.920 bits per heavy atom. The quantitative estimate of drug-likeness (QED) is 0.186. The average molecular weight is 650 g/mol. The summed E-state index contributed by atoms with van der Waals surface area (Å²) in [6.45, 7) is 0. The van der Waals surface area contributed by atoms with Crippen LogP contribution >= 0.6 is 0 Å². The van der Waals surface area contributed by atoms with Crippen LogP contribution in [-0.2, 0) is 0 Å². The molecule has 0 N–H and O–H groups in total. The highest BCUT2D eigenvalue weighted by atomic mass is 15.2. The molecule has 0 saturated carbocycles. The van der Waals surface area contributed by atoms with E-state index < -0.39 is 60.4 Å². The molecular formula is C45H29N5. The van der Waals surface area contributed by atoms with Gasteiger partial charge in [0.25, 0.3) is 0 Å². The lowest BCUT2D eigenvalue weighted by Gasteiger charge is -2.11. The zero-order chi connectivity index (χ0) is 41.7. The molecule has 10 rings (SSSR count). The molecular weight excluding hydrogens is 611 g/mol. The maximum atomic E-state index is 8.80. The minimum Gasteiger partial charge on any atom is -0.309 e. The minimum atomic E-state index is -0.609. The summed E-state index contributed by atoms with van der Waals surface area (Å²) in [6, 6.07) is 32.4. The number of rotatable bonds is 5. The van der Waals surface area contributed by atoms with Gasteiger partial charge in [-0.25, -0.2) is 4.98 Å². The summed E-state index contributed by atoms with van der Waals surface area (Å²) in [6.07, 6.45) is 0. The van der Waals surface area contributed by atoms with Gasteiger partial charge in [-0.3, -0.25) is 4.57 Å². The molecule has 0 aliphatic heterocycles. The summed E-state index contributed by atoms with van der Waals surface area (Å²) in [4.78, 5) is 14.0. The molecule has 234 valence electrons. The van der Waals surface area contributed by atoms with Crippen molar-refractivity contribution in [3.63, 3.8) is 0 Å². The summed E-state index contributed by atoms with van der Waals surface area (Å²) in [5.41, 5.74) is 5.70. The number of fused-ring (bicyclic) bond motifs is 7. The molecule has 0 bridgehead atoms. The fourth-order valence-corrected chi connectivity index (χ4v) is 6.88. The van der Waals surface area contributed by atoms with Gasteiger partial charge in [0, 0.05) is 38.4 Å². The van der Waals surface area contributed by atoms with E-state index in [1.807, 2.05) is 72.8 Å². The molecule has 10 aromatic rings. The number of benzene rings is 7. The molecule has 0 atom stereocenters. The van der Waals surface area contributed by atoms with Gasteiger partial charge in [-0.15, -0.1) is 0 Å². The fourth-order valence-electron chi connectivity index (χ4n) is 6.88. The molecule has 0 unspecified atom stereocenters. The number of hydrogen-bond donors (Lipinski definition) is 0. The predicted molar refractivity (Wildman–Crippen MR) is 205 cm³/mol.